The number of hydrogen-bond donors (Lipinski definition) is 2. The van der Waals surface area contributed by atoms with Crippen LogP contribution in [-0.2, 0) is 16.0 Å². The Morgan fingerprint density at radius 3 is 2.77 bits per heavy atom. The molecule has 1 saturated heterocycles. The molecule has 0 aliphatic carbocycles. The number of piperidine rings is 1. The maximum absolute atomic E-state index is 11.2. The summed E-state index contributed by atoms with van der Waals surface area (Å²) in [5, 5.41) is 16.7. The molecule has 1 aliphatic rings. The number of carboxylic acids is 1. The van der Waals surface area contributed by atoms with E-state index in [9.17, 15) is 9.90 Å². The summed E-state index contributed by atoms with van der Waals surface area (Å²) in [4.78, 5) is 12.4. The average Bonchev–Trinajstić information content (AvgIpc) is 3.19. The molecule has 4 rings (SSSR count). The Morgan fingerprint density at radius 2 is 2.10 bits per heavy atom. The minimum atomic E-state index is -0.863. The van der Waals surface area contributed by atoms with E-state index in [0.29, 0.717) is 11.7 Å². The SMILES string of the molecule is C=S(c1cc(NC)ccc1-c1ccn2ncc(CC(=O)O)c2c1)N1CCC(OC)CC1. The molecule has 0 spiro atoms. The van der Waals surface area contributed by atoms with E-state index in [1.807, 2.05) is 25.4 Å². The molecular weight excluding hydrogens is 412 g/mol. The van der Waals surface area contributed by atoms with Gasteiger partial charge in [0, 0.05) is 49.6 Å². The van der Waals surface area contributed by atoms with Gasteiger partial charge in [-0.05, 0) is 48.2 Å². The van der Waals surface area contributed by atoms with Gasteiger partial charge in [-0.3, -0.25) is 9.10 Å². The number of hydrogen-bond acceptors (Lipinski definition) is 5. The molecule has 1 fully saturated rings. The highest BCUT2D eigenvalue weighted by molar-refractivity contribution is 8.12. The summed E-state index contributed by atoms with van der Waals surface area (Å²) < 4.78 is 9.68. The van der Waals surface area contributed by atoms with Gasteiger partial charge in [-0.1, -0.05) is 22.6 Å². The Hall–Kier alpha value is -2.68. The van der Waals surface area contributed by atoms with Gasteiger partial charge < -0.3 is 15.2 Å². The van der Waals surface area contributed by atoms with Crippen molar-refractivity contribution in [1.82, 2.24) is 13.9 Å². The Bertz CT molecular complexity index is 1120. The Balaban J connectivity index is 1.73. The zero-order valence-corrected chi connectivity index (χ0v) is 18.7. The van der Waals surface area contributed by atoms with Gasteiger partial charge in [-0.15, -0.1) is 0 Å². The van der Waals surface area contributed by atoms with E-state index in [1.54, 1.807) is 17.8 Å². The summed E-state index contributed by atoms with van der Waals surface area (Å²) in [5.41, 5.74) is 4.71. The van der Waals surface area contributed by atoms with E-state index in [2.05, 4.69) is 38.8 Å². The van der Waals surface area contributed by atoms with E-state index in [0.717, 1.165) is 48.3 Å². The number of benzene rings is 1. The molecule has 3 aromatic rings. The molecule has 164 valence electrons. The van der Waals surface area contributed by atoms with Gasteiger partial charge in [-0.2, -0.15) is 5.10 Å². The van der Waals surface area contributed by atoms with Crippen LogP contribution in [0.2, 0.25) is 0 Å². The standard InChI is InChI=1S/C23H28N4O3S/c1-24-18-4-5-20(22(14-18)31(3)26-9-7-19(30-2)8-10-26)16-6-11-27-21(12-16)17(15-25-27)13-23(28)29/h4-6,11-12,14-15,19,24H,3,7-10,13H2,1-2H3,(H,28,29). The summed E-state index contributed by atoms with van der Waals surface area (Å²) in [6.45, 7) is 1.91. The van der Waals surface area contributed by atoms with Gasteiger partial charge in [-0.25, -0.2) is 4.52 Å². The van der Waals surface area contributed by atoms with Crippen LogP contribution >= 0.6 is 10.7 Å². The van der Waals surface area contributed by atoms with Crippen molar-refractivity contribution in [2.75, 3.05) is 32.6 Å². The number of nitrogens with one attached hydrogen (secondary N) is 1. The molecule has 0 amide bonds. The molecule has 0 bridgehead atoms. The van der Waals surface area contributed by atoms with Crippen LogP contribution in [0, 0.1) is 0 Å². The second-order valence-corrected chi connectivity index (χ2v) is 9.36. The molecule has 0 saturated carbocycles. The molecule has 8 heteroatoms. The van der Waals surface area contributed by atoms with Gasteiger partial charge in [0.25, 0.3) is 0 Å². The monoisotopic (exact) mass is 440 g/mol. The minimum absolute atomic E-state index is 0.0490. The first-order valence-electron chi connectivity index (χ1n) is 10.3. The van der Waals surface area contributed by atoms with Gasteiger partial charge in [0.1, 0.15) is 0 Å². The van der Waals surface area contributed by atoms with Crippen LogP contribution in [0.1, 0.15) is 18.4 Å². The molecule has 3 heterocycles. The fraction of sp³-hybridized carbons (Fsp3) is 0.348. The molecule has 1 aromatic carbocycles. The van der Waals surface area contributed by atoms with E-state index in [1.165, 1.54) is 4.90 Å². The van der Waals surface area contributed by atoms with E-state index < -0.39 is 5.97 Å². The van der Waals surface area contributed by atoms with Gasteiger partial charge in [0.2, 0.25) is 0 Å². The van der Waals surface area contributed by atoms with Crippen molar-refractivity contribution >= 4 is 33.7 Å². The Kier molecular flexibility index (Phi) is 6.41. The third kappa shape index (κ3) is 4.51. The van der Waals surface area contributed by atoms with Gasteiger partial charge in [0.05, 0.1) is 24.2 Å². The van der Waals surface area contributed by atoms with Gasteiger partial charge in [0.15, 0.2) is 0 Å². The average molecular weight is 441 g/mol. The molecule has 31 heavy (non-hydrogen) atoms. The topological polar surface area (TPSA) is 79.1 Å². The predicted octanol–water partition coefficient (Wildman–Crippen LogP) is 3.76. The maximum atomic E-state index is 11.2. The third-order valence-electron chi connectivity index (χ3n) is 5.82. The molecule has 0 radical (unpaired) electrons. The van der Waals surface area contributed by atoms with Crippen molar-refractivity contribution in [2.45, 2.75) is 30.3 Å². The van der Waals surface area contributed by atoms with Crippen LogP contribution in [-0.4, -0.2) is 64.2 Å². The van der Waals surface area contributed by atoms with E-state index in [4.69, 9.17) is 4.74 Å². The quantitative estimate of drug-likeness (QED) is 0.545. The lowest BCUT2D eigenvalue weighted by atomic mass is 10.0. The van der Waals surface area contributed by atoms with Crippen LogP contribution in [0.3, 0.4) is 0 Å². The summed E-state index contributed by atoms with van der Waals surface area (Å²) >= 11 is 0. The van der Waals surface area contributed by atoms with Crippen LogP contribution in [0.25, 0.3) is 16.6 Å². The lowest BCUT2D eigenvalue weighted by Crippen LogP contribution is -2.33. The number of fused-ring (bicyclic) bond motifs is 1. The normalized spacial score (nSPS) is 16.5. The number of aromatic nitrogens is 2. The second-order valence-electron chi connectivity index (χ2n) is 7.68. The number of aliphatic carboxylic acids is 1. The molecular formula is C23H28N4O3S. The van der Waals surface area contributed by atoms with E-state index >= 15 is 0 Å². The number of methoxy groups -OCH3 is 1. The molecule has 1 unspecified atom stereocenters. The summed E-state index contributed by atoms with van der Waals surface area (Å²) in [5.74, 6) is 3.68. The number of ether oxygens (including phenoxy) is 1. The van der Waals surface area contributed by atoms with Crippen LogP contribution < -0.4 is 5.32 Å². The number of carbonyl (C=O) groups is 1. The van der Waals surface area contributed by atoms with Crippen molar-refractivity contribution < 1.29 is 14.6 Å². The lowest BCUT2D eigenvalue weighted by Gasteiger charge is -2.33. The second kappa shape index (κ2) is 9.21. The largest absolute Gasteiger partial charge is 0.481 e. The third-order valence-corrected chi connectivity index (χ3v) is 7.66. The fourth-order valence-electron chi connectivity index (χ4n) is 4.04. The van der Waals surface area contributed by atoms with Crippen LogP contribution in [0.4, 0.5) is 5.69 Å². The minimum Gasteiger partial charge on any atom is -0.481 e. The van der Waals surface area contributed by atoms with Crippen LogP contribution in [0.5, 0.6) is 0 Å². The highest BCUT2D eigenvalue weighted by Crippen LogP contribution is 2.40. The van der Waals surface area contributed by atoms with Crippen molar-refractivity contribution in [3.8, 4) is 11.1 Å². The zero-order chi connectivity index (χ0) is 22.0. The Labute approximate surface area is 184 Å². The number of anilines is 1. The first-order valence-corrected chi connectivity index (χ1v) is 11.7. The summed E-state index contributed by atoms with van der Waals surface area (Å²) in [7, 11) is 3.37. The molecule has 1 atom stereocenters. The number of rotatable bonds is 7. The summed E-state index contributed by atoms with van der Waals surface area (Å²) in [6, 6.07) is 10.4. The zero-order valence-electron chi connectivity index (χ0n) is 17.9. The molecule has 1 aliphatic heterocycles. The number of nitrogens with zero attached hydrogens (tertiary/aromatic N) is 3. The fourth-order valence-corrected chi connectivity index (χ4v) is 5.67. The molecule has 7 nitrogen and oxygen atoms in total. The molecule has 2 N–H and O–H groups in total. The van der Waals surface area contributed by atoms with Crippen molar-refractivity contribution in [1.29, 1.82) is 0 Å². The number of pyridine rings is 1. The number of carboxylic acid groups (broad SMARTS) is 1. The Morgan fingerprint density at radius 1 is 1.32 bits per heavy atom. The van der Waals surface area contributed by atoms with Crippen LogP contribution in [0.15, 0.2) is 47.6 Å². The smallest absolute Gasteiger partial charge is 0.307 e. The first kappa shape index (κ1) is 21.5. The van der Waals surface area contributed by atoms with Crippen molar-refractivity contribution in [3.05, 3.63) is 48.3 Å². The van der Waals surface area contributed by atoms with Crippen molar-refractivity contribution in [2.24, 2.45) is 0 Å². The lowest BCUT2D eigenvalue weighted by molar-refractivity contribution is -0.136. The molecule has 2 aromatic heterocycles. The highest BCUT2D eigenvalue weighted by atomic mass is 32.2. The van der Waals surface area contributed by atoms with Crippen molar-refractivity contribution in [3.63, 3.8) is 0 Å². The maximum Gasteiger partial charge on any atom is 0.307 e. The van der Waals surface area contributed by atoms with E-state index in [-0.39, 0.29) is 17.1 Å². The summed E-state index contributed by atoms with van der Waals surface area (Å²) in [6.07, 6.45) is 5.81. The highest BCUT2D eigenvalue weighted by Gasteiger charge is 2.22. The predicted molar refractivity (Wildman–Crippen MR) is 126 cm³/mol. The first-order chi connectivity index (χ1) is 15.0. The van der Waals surface area contributed by atoms with Gasteiger partial charge >= 0.3 is 5.97 Å².